The molecule has 0 bridgehead atoms. The zero-order valence-electron chi connectivity index (χ0n) is 10.7. The Morgan fingerprint density at radius 3 is 2.74 bits per heavy atom. The zero-order valence-corrected chi connectivity index (χ0v) is 11.6. The van der Waals surface area contributed by atoms with E-state index in [1.807, 2.05) is 6.92 Å². The van der Waals surface area contributed by atoms with E-state index in [1.54, 1.807) is 11.8 Å². The normalized spacial score (nSPS) is 19.0. The van der Waals surface area contributed by atoms with Gasteiger partial charge in [-0.05, 0) is 32.6 Å². The SMILES string of the molecule is Cc1noc(CSc2nnc(C3CC3)n2C2CC2)n1. The molecule has 19 heavy (non-hydrogen) atoms. The average Bonchev–Trinajstić information content (AvgIpc) is 3.33. The molecule has 2 aromatic rings. The molecule has 0 amide bonds. The number of rotatable bonds is 5. The summed E-state index contributed by atoms with van der Waals surface area (Å²) in [7, 11) is 0. The minimum atomic E-state index is 0.623. The van der Waals surface area contributed by atoms with Gasteiger partial charge >= 0.3 is 0 Å². The molecule has 2 aliphatic carbocycles. The molecule has 0 radical (unpaired) electrons. The van der Waals surface area contributed by atoms with Crippen molar-refractivity contribution in [2.45, 2.75) is 55.5 Å². The Bertz CT molecular complexity index is 599. The van der Waals surface area contributed by atoms with Gasteiger partial charge in [0.2, 0.25) is 5.89 Å². The van der Waals surface area contributed by atoms with E-state index in [0.29, 0.717) is 29.4 Å². The van der Waals surface area contributed by atoms with E-state index in [4.69, 9.17) is 4.52 Å². The molecule has 2 saturated carbocycles. The van der Waals surface area contributed by atoms with Crippen LogP contribution in [0.4, 0.5) is 0 Å². The summed E-state index contributed by atoms with van der Waals surface area (Å²) in [6.45, 7) is 1.83. The first-order valence-corrected chi connectivity index (χ1v) is 7.66. The van der Waals surface area contributed by atoms with Crippen LogP contribution in [0.3, 0.4) is 0 Å². The van der Waals surface area contributed by atoms with Gasteiger partial charge in [0.25, 0.3) is 0 Å². The minimum Gasteiger partial charge on any atom is -0.338 e. The molecule has 6 nitrogen and oxygen atoms in total. The third kappa shape index (κ3) is 2.27. The molecule has 100 valence electrons. The molecule has 0 aromatic carbocycles. The smallest absolute Gasteiger partial charge is 0.237 e. The van der Waals surface area contributed by atoms with Gasteiger partial charge in [0.05, 0.1) is 5.75 Å². The van der Waals surface area contributed by atoms with Crippen molar-refractivity contribution in [3.05, 3.63) is 17.5 Å². The third-order valence-electron chi connectivity index (χ3n) is 3.44. The molecule has 0 aliphatic heterocycles. The van der Waals surface area contributed by atoms with Gasteiger partial charge in [-0.1, -0.05) is 16.9 Å². The van der Waals surface area contributed by atoms with Gasteiger partial charge in [0, 0.05) is 12.0 Å². The second-order valence-electron chi connectivity index (χ2n) is 5.24. The Kier molecular flexibility index (Phi) is 2.61. The van der Waals surface area contributed by atoms with E-state index in [9.17, 15) is 0 Å². The molecule has 0 saturated heterocycles. The summed E-state index contributed by atoms with van der Waals surface area (Å²) >= 11 is 1.64. The van der Waals surface area contributed by atoms with Gasteiger partial charge in [-0.2, -0.15) is 4.98 Å². The van der Waals surface area contributed by atoms with Crippen LogP contribution >= 0.6 is 11.8 Å². The Balaban J connectivity index is 1.53. The molecule has 0 unspecified atom stereocenters. The van der Waals surface area contributed by atoms with Crippen LogP contribution in [0.1, 0.15) is 55.2 Å². The topological polar surface area (TPSA) is 69.6 Å². The first-order valence-electron chi connectivity index (χ1n) is 6.68. The van der Waals surface area contributed by atoms with Gasteiger partial charge in [0.15, 0.2) is 11.0 Å². The molecular weight excluding hydrogens is 262 g/mol. The van der Waals surface area contributed by atoms with Crippen LogP contribution in [0.25, 0.3) is 0 Å². The van der Waals surface area contributed by atoms with Crippen molar-refractivity contribution in [3.8, 4) is 0 Å². The van der Waals surface area contributed by atoms with Crippen molar-refractivity contribution in [1.82, 2.24) is 24.9 Å². The number of hydrogen-bond acceptors (Lipinski definition) is 6. The Morgan fingerprint density at radius 2 is 2.11 bits per heavy atom. The number of aromatic nitrogens is 5. The van der Waals surface area contributed by atoms with Crippen LogP contribution in [0, 0.1) is 6.92 Å². The zero-order chi connectivity index (χ0) is 12.8. The van der Waals surface area contributed by atoms with Gasteiger partial charge in [-0.25, -0.2) is 0 Å². The summed E-state index contributed by atoms with van der Waals surface area (Å²) in [5.41, 5.74) is 0. The highest BCUT2D eigenvalue weighted by molar-refractivity contribution is 7.98. The largest absolute Gasteiger partial charge is 0.338 e. The lowest BCUT2D eigenvalue weighted by Gasteiger charge is -2.06. The van der Waals surface area contributed by atoms with Gasteiger partial charge < -0.3 is 9.09 Å². The highest BCUT2D eigenvalue weighted by Gasteiger charge is 2.36. The lowest BCUT2D eigenvalue weighted by molar-refractivity contribution is 0.387. The summed E-state index contributed by atoms with van der Waals surface area (Å²) in [5.74, 6) is 3.83. The Labute approximate surface area is 115 Å². The molecule has 4 rings (SSSR count). The van der Waals surface area contributed by atoms with E-state index in [1.165, 1.54) is 31.5 Å². The summed E-state index contributed by atoms with van der Waals surface area (Å²) in [6.07, 6.45) is 5.03. The fraction of sp³-hybridized carbons (Fsp3) is 0.667. The van der Waals surface area contributed by atoms with Crippen LogP contribution in [-0.4, -0.2) is 24.9 Å². The summed E-state index contributed by atoms with van der Waals surface area (Å²) in [5, 5.41) is 13.5. The minimum absolute atomic E-state index is 0.623. The van der Waals surface area contributed by atoms with Gasteiger partial charge in [-0.3, -0.25) is 0 Å². The van der Waals surface area contributed by atoms with Crippen LogP contribution < -0.4 is 0 Å². The van der Waals surface area contributed by atoms with E-state index in [-0.39, 0.29) is 0 Å². The first-order chi connectivity index (χ1) is 9.31. The summed E-state index contributed by atoms with van der Waals surface area (Å²) in [6, 6.07) is 0.623. The maximum absolute atomic E-state index is 5.13. The molecule has 2 fully saturated rings. The van der Waals surface area contributed by atoms with Crippen LogP contribution in [0.15, 0.2) is 9.68 Å². The second-order valence-corrected chi connectivity index (χ2v) is 6.18. The molecule has 7 heteroatoms. The number of thioether (sulfide) groups is 1. The Morgan fingerprint density at radius 1 is 1.26 bits per heavy atom. The predicted molar refractivity (Wildman–Crippen MR) is 68.9 cm³/mol. The molecule has 2 aliphatic rings. The predicted octanol–water partition coefficient (Wildman–Crippen LogP) is 2.47. The van der Waals surface area contributed by atoms with Gasteiger partial charge in [0.1, 0.15) is 5.82 Å². The van der Waals surface area contributed by atoms with Gasteiger partial charge in [-0.15, -0.1) is 10.2 Å². The van der Waals surface area contributed by atoms with Crippen molar-refractivity contribution >= 4 is 11.8 Å². The standard InChI is InChI=1S/C12H15N5OS/c1-7-13-10(18-16-7)6-19-12-15-14-11(8-2-3-8)17(12)9-4-5-9/h8-9H,2-6H2,1H3. The van der Waals surface area contributed by atoms with Crippen molar-refractivity contribution in [2.75, 3.05) is 0 Å². The monoisotopic (exact) mass is 277 g/mol. The van der Waals surface area contributed by atoms with Crippen molar-refractivity contribution < 1.29 is 4.52 Å². The number of aryl methyl sites for hydroxylation is 1. The van der Waals surface area contributed by atoms with E-state index in [0.717, 1.165) is 5.16 Å². The average molecular weight is 277 g/mol. The second kappa shape index (κ2) is 4.33. The quantitative estimate of drug-likeness (QED) is 0.782. The number of nitrogens with zero attached hydrogens (tertiary/aromatic N) is 5. The van der Waals surface area contributed by atoms with E-state index < -0.39 is 0 Å². The molecular formula is C12H15N5OS. The first kappa shape index (κ1) is 11.5. The van der Waals surface area contributed by atoms with Crippen LogP contribution in [0.2, 0.25) is 0 Å². The summed E-state index contributed by atoms with van der Waals surface area (Å²) in [4.78, 5) is 4.21. The highest BCUT2D eigenvalue weighted by atomic mass is 32.2. The molecule has 2 aromatic heterocycles. The fourth-order valence-electron chi connectivity index (χ4n) is 2.21. The molecule has 0 atom stereocenters. The summed E-state index contributed by atoms with van der Waals surface area (Å²) < 4.78 is 7.47. The van der Waals surface area contributed by atoms with Crippen LogP contribution in [0.5, 0.6) is 0 Å². The van der Waals surface area contributed by atoms with Crippen LogP contribution in [-0.2, 0) is 5.75 Å². The maximum Gasteiger partial charge on any atom is 0.237 e. The molecule has 0 N–H and O–H groups in total. The van der Waals surface area contributed by atoms with Crippen molar-refractivity contribution in [1.29, 1.82) is 0 Å². The number of hydrogen-bond donors (Lipinski definition) is 0. The highest BCUT2D eigenvalue weighted by Crippen LogP contribution is 2.46. The van der Waals surface area contributed by atoms with Crippen molar-refractivity contribution in [2.24, 2.45) is 0 Å². The Hall–Kier alpha value is -1.37. The lowest BCUT2D eigenvalue weighted by Crippen LogP contribution is -2.01. The third-order valence-corrected chi connectivity index (χ3v) is 4.37. The fourth-order valence-corrected chi connectivity index (χ4v) is 3.06. The maximum atomic E-state index is 5.13. The molecule has 0 spiro atoms. The molecule has 2 heterocycles. The van der Waals surface area contributed by atoms with E-state index in [2.05, 4.69) is 24.9 Å². The lowest BCUT2D eigenvalue weighted by atomic mass is 10.4. The van der Waals surface area contributed by atoms with E-state index >= 15 is 0 Å². The van der Waals surface area contributed by atoms with Crippen molar-refractivity contribution in [3.63, 3.8) is 0 Å².